The molecule has 0 aliphatic rings. The smallest absolute Gasteiger partial charge is 0.410 e. The minimum absolute atomic E-state index is 0.407. The number of carbonyl (C=O) groups is 2. The molecule has 2 aromatic carbocycles. The summed E-state index contributed by atoms with van der Waals surface area (Å²) in [6.07, 6.45) is 7.35. The van der Waals surface area contributed by atoms with Crippen LogP contribution in [0.4, 0.5) is 9.59 Å². The average molecular weight is 501 g/mol. The van der Waals surface area contributed by atoms with Gasteiger partial charge in [0.15, 0.2) is 0 Å². The van der Waals surface area contributed by atoms with Crippen LogP contribution < -0.4 is 9.47 Å². The summed E-state index contributed by atoms with van der Waals surface area (Å²) in [4.78, 5) is 36.1. The van der Waals surface area contributed by atoms with Gasteiger partial charge in [0.05, 0.1) is 0 Å². The summed E-state index contributed by atoms with van der Waals surface area (Å²) in [5, 5.41) is 3.77. The van der Waals surface area contributed by atoms with Crippen molar-refractivity contribution in [3.63, 3.8) is 0 Å². The number of aromatic nitrogens is 2. The predicted octanol–water partition coefficient (Wildman–Crippen LogP) is 5.86. The van der Waals surface area contributed by atoms with Crippen molar-refractivity contribution in [2.24, 2.45) is 0 Å². The lowest BCUT2D eigenvalue weighted by Gasteiger charge is -2.14. The molecule has 8 heteroatoms. The highest BCUT2D eigenvalue weighted by Gasteiger charge is 2.13. The van der Waals surface area contributed by atoms with Gasteiger partial charge in [-0.05, 0) is 49.9 Å². The molecule has 0 radical (unpaired) electrons. The SMILES string of the molecule is CN(C)C(=O)Oc1cccc2c(CCCCCc3nccc4c(OC(=O)N(C)C)cccc34)nccc12. The normalized spacial score (nSPS) is 10.9. The molecule has 2 amide bonds. The molecule has 0 saturated carbocycles. The molecule has 37 heavy (non-hydrogen) atoms. The van der Waals surface area contributed by atoms with Gasteiger partial charge >= 0.3 is 12.2 Å². The van der Waals surface area contributed by atoms with Gasteiger partial charge in [-0.3, -0.25) is 9.97 Å². The number of nitrogens with zero attached hydrogens (tertiary/aromatic N) is 4. The Bertz CT molecular complexity index is 1310. The van der Waals surface area contributed by atoms with E-state index in [2.05, 4.69) is 9.97 Å². The van der Waals surface area contributed by atoms with E-state index in [1.165, 1.54) is 9.80 Å². The molecule has 0 fully saturated rings. The van der Waals surface area contributed by atoms with Crippen molar-refractivity contribution in [1.82, 2.24) is 19.8 Å². The van der Waals surface area contributed by atoms with Gasteiger partial charge in [0, 0.05) is 73.5 Å². The molecule has 2 heterocycles. The van der Waals surface area contributed by atoms with E-state index in [-0.39, 0.29) is 0 Å². The molecule has 0 saturated heterocycles. The standard InChI is InChI=1S/C29H32N4O4/c1-32(2)28(34)36-26-14-8-10-20-22(26)16-18-30-24(20)12-6-5-7-13-25-21-11-9-15-27(23(21)17-19-31-25)37-29(35)33(3)4/h8-11,14-19H,5-7,12-13H2,1-4H3. The van der Waals surface area contributed by atoms with Crippen molar-refractivity contribution in [1.29, 1.82) is 0 Å². The van der Waals surface area contributed by atoms with Crippen LogP contribution >= 0.6 is 0 Å². The molecule has 192 valence electrons. The Kier molecular flexibility index (Phi) is 8.18. The highest BCUT2D eigenvalue weighted by Crippen LogP contribution is 2.30. The second-order valence-electron chi connectivity index (χ2n) is 9.30. The van der Waals surface area contributed by atoms with Gasteiger partial charge in [-0.25, -0.2) is 9.59 Å². The van der Waals surface area contributed by atoms with E-state index in [4.69, 9.17) is 9.47 Å². The number of amides is 2. The quantitative estimate of drug-likeness (QED) is 0.282. The van der Waals surface area contributed by atoms with E-state index in [1.54, 1.807) is 52.7 Å². The molecule has 0 aliphatic heterocycles. The molecule has 0 bridgehead atoms. The first-order chi connectivity index (χ1) is 17.8. The maximum atomic E-state index is 12.0. The third-order valence-corrected chi connectivity index (χ3v) is 6.15. The fraction of sp³-hybridized carbons (Fsp3) is 0.310. The lowest BCUT2D eigenvalue weighted by atomic mass is 10.0. The second kappa shape index (κ2) is 11.7. The lowest BCUT2D eigenvalue weighted by molar-refractivity contribution is 0.171. The molecule has 0 atom stereocenters. The van der Waals surface area contributed by atoms with Crippen LogP contribution in [0.25, 0.3) is 21.5 Å². The van der Waals surface area contributed by atoms with Crippen LogP contribution in [0.2, 0.25) is 0 Å². The van der Waals surface area contributed by atoms with Crippen LogP contribution in [-0.4, -0.2) is 60.1 Å². The highest BCUT2D eigenvalue weighted by atomic mass is 16.6. The summed E-state index contributed by atoms with van der Waals surface area (Å²) < 4.78 is 11.1. The van der Waals surface area contributed by atoms with Crippen LogP contribution in [0, 0.1) is 0 Å². The molecule has 2 aromatic heterocycles. The molecule has 0 spiro atoms. The van der Waals surface area contributed by atoms with Crippen LogP contribution in [0.15, 0.2) is 60.9 Å². The number of hydrogen-bond acceptors (Lipinski definition) is 6. The molecule has 0 N–H and O–H groups in total. The first-order valence-electron chi connectivity index (χ1n) is 12.4. The highest BCUT2D eigenvalue weighted by molar-refractivity contribution is 5.92. The Labute approximate surface area is 216 Å². The van der Waals surface area contributed by atoms with Crippen LogP contribution in [0.3, 0.4) is 0 Å². The number of aryl methyl sites for hydroxylation is 2. The molecule has 4 rings (SSSR count). The van der Waals surface area contributed by atoms with Gasteiger partial charge < -0.3 is 19.3 Å². The maximum Gasteiger partial charge on any atom is 0.414 e. The van der Waals surface area contributed by atoms with Gasteiger partial charge in [-0.1, -0.05) is 30.7 Å². The number of carbonyl (C=O) groups excluding carboxylic acids is 2. The van der Waals surface area contributed by atoms with Gasteiger partial charge in [-0.2, -0.15) is 0 Å². The number of pyridine rings is 2. The van der Waals surface area contributed by atoms with Crippen molar-refractivity contribution in [2.45, 2.75) is 32.1 Å². The summed E-state index contributed by atoms with van der Waals surface area (Å²) in [6.45, 7) is 0. The van der Waals surface area contributed by atoms with Crippen LogP contribution in [0.1, 0.15) is 30.7 Å². The molecular formula is C29H32N4O4. The van der Waals surface area contributed by atoms with Crippen LogP contribution in [-0.2, 0) is 12.8 Å². The Morgan fingerprint density at radius 3 is 1.46 bits per heavy atom. The molecule has 0 unspecified atom stereocenters. The summed E-state index contributed by atoms with van der Waals surface area (Å²) in [5.41, 5.74) is 1.99. The number of unbranched alkanes of at least 4 members (excludes halogenated alkanes) is 2. The fourth-order valence-corrected chi connectivity index (χ4v) is 4.19. The summed E-state index contributed by atoms with van der Waals surface area (Å²) in [5.74, 6) is 1.08. The van der Waals surface area contributed by atoms with Crippen molar-refractivity contribution < 1.29 is 19.1 Å². The monoisotopic (exact) mass is 500 g/mol. The lowest BCUT2D eigenvalue weighted by Crippen LogP contribution is -2.25. The number of rotatable bonds is 8. The summed E-state index contributed by atoms with van der Waals surface area (Å²) in [7, 11) is 6.64. The minimum Gasteiger partial charge on any atom is -0.410 e. The Morgan fingerprint density at radius 1 is 0.622 bits per heavy atom. The molecular weight excluding hydrogens is 468 g/mol. The number of hydrogen-bond donors (Lipinski definition) is 0. The van der Waals surface area contributed by atoms with Crippen molar-refractivity contribution in [2.75, 3.05) is 28.2 Å². The number of fused-ring (bicyclic) bond motifs is 2. The minimum atomic E-state index is -0.407. The van der Waals surface area contributed by atoms with Crippen molar-refractivity contribution >= 4 is 33.7 Å². The van der Waals surface area contributed by atoms with Gasteiger partial charge in [-0.15, -0.1) is 0 Å². The Balaban J connectivity index is 1.39. The van der Waals surface area contributed by atoms with Gasteiger partial charge in [0.2, 0.25) is 0 Å². The number of benzene rings is 2. The van der Waals surface area contributed by atoms with E-state index in [1.807, 2.05) is 36.4 Å². The van der Waals surface area contributed by atoms with Crippen LogP contribution in [0.5, 0.6) is 11.5 Å². The van der Waals surface area contributed by atoms with E-state index < -0.39 is 12.2 Å². The van der Waals surface area contributed by atoms with E-state index >= 15 is 0 Å². The number of ether oxygens (including phenoxy) is 2. The topological polar surface area (TPSA) is 84.9 Å². The summed E-state index contributed by atoms with van der Waals surface area (Å²) in [6, 6.07) is 15.2. The zero-order valence-electron chi connectivity index (χ0n) is 21.7. The van der Waals surface area contributed by atoms with E-state index in [0.717, 1.165) is 65.0 Å². The third kappa shape index (κ3) is 6.14. The van der Waals surface area contributed by atoms with Gasteiger partial charge in [0.1, 0.15) is 11.5 Å². The zero-order valence-corrected chi connectivity index (χ0v) is 21.7. The Hall–Kier alpha value is -4.20. The first-order valence-corrected chi connectivity index (χ1v) is 12.4. The Morgan fingerprint density at radius 2 is 1.05 bits per heavy atom. The molecule has 4 aromatic rings. The summed E-state index contributed by atoms with van der Waals surface area (Å²) >= 11 is 0. The van der Waals surface area contributed by atoms with E-state index in [9.17, 15) is 9.59 Å². The maximum absolute atomic E-state index is 12.0. The zero-order chi connectivity index (χ0) is 26.4. The molecule has 8 nitrogen and oxygen atoms in total. The third-order valence-electron chi connectivity index (χ3n) is 6.15. The van der Waals surface area contributed by atoms with Crippen molar-refractivity contribution in [3.8, 4) is 11.5 Å². The largest absolute Gasteiger partial charge is 0.414 e. The van der Waals surface area contributed by atoms with Crippen molar-refractivity contribution in [3.05, 3.63) is 72.3 Å². The average Bonchev–Trinajstić information content (AvgIpc) is 2.89. The fourth-order valence-electron chi connectivity index (χ4n) is 4.19. The predicted molar refractivity (Wildman–Crippen MR) is 144 cm³/mol. The van der Waals surface area contributed by atoms with E-state index in [0.29, 0.717) is 11.5 Å². The molecule has 0 aliphatic carbocycles. The van der Waals surface area contributed by atoms with Gasteiger partial charge in [0.25, 0.3) is 0 Å². The first kappa shape index (κ1) is 25.9. The second-order valence-corrected chi connectivity index (χ2v) is 9.30.